The first-order chi connectivity index (χ1) is 13.1. The largest absolute Gasteiger partial charge is 0.394 e. The van der Waals surface area contributed by atoms with Gasteiger partial charge in [-0.3, -0.25) is 0 Å². The number of thioether (sulfide) groups is 1. The van der Waals surface area contributed by atoms with E-state index < -0.39 is 0 Å². The molecule has 3 nitrogen and oxygen atoms in total. The summed E-state index contributed by atoms with van der Waals surface area (Å²) in [7, 11) is 0. The number of nitrogens with zero attached hydrogens (tertiary/aromatic N) is 1. The molecule has 4 heteroatoms. The monoisotopic (exact) mass is 381 g/mol. The Morgan fingerprint density at radius 1 is 1.00 bits per heavy atom. The number of hydrogen-bond acceptors (Lipinski definition) is 3. The predicted octanol–water partition coefficient (Wildman–Crippen LogP) is 5.03. The van der Waals surface area contributed by atoms with E-state index in [0.29, 0.717) is 13.2 Å². The zero-order valence-electron chi connectivity index (χ0n) is 16.2. The SMILES string of the molecule is CSc1ccc(-c2cc(CCOCCO)c(C)n2-c2cccc(C)c2)cc1. The molecule has 0 radical (unpaired) electrons. The van der Waals surface area contributed by atoms with Crippen molar-refractivity contribution >= 4 is 11.8 Å². The molecule has 0 saturated heterocycles. The normalized spacial score (nSPS) is 11.1. The molecular formula is C23H27NO2S. The maximum absolute atomic E-state index is 8.90. The van der Waals surface area contributed by atoms with Crippen molar-refractivity contribution < 1.29 is 9.84 Å². The third-order valence-electron chi connectivity index (χ3n) is 4.75. The Bertz CT molecular complexity index is 884. The van der Waals surface area contributed by atoms with Gasteiger partial charge in [-0.05, 0) is 73.5 Å². The summed E-state index contributed by atoms with van der Waals surface area (Å²) in [6, 6.07) is 19.6. The van der Waals surface area contributed by atoms with Gasteiger partial charge in [-0.15, -0.1) is 11.8 Å². The molecule has 0 amide bonds. The van der Waals surface area contributed by atoms with Gasteiger partial charge in [-0.1, -0.05) is 24.3 Å². The summed E-state index contributed by atoms with van der Waals surface area (Å²) in [6.07, 6.45) is 2.93. The molecule has 27 heavy (non-hydrogen) atoms. The van der Waals surface area contributed by atoms with Crippen LogP contribution in [0.4, 0.5) is 0 Å². The van der Waals surface area contributed by atoms with Crippen molar-refractivity contribution in [3.8, 4) is 16.9 Å². The lowest BCUT2D eigenvalue weighted by atomic mass is 10.1. The maximum atomic E-state index is 8.90. The summed E-state index contributed by atoms with van der Waals surface area (Å²) in [5.41, 5.74) is 7.34. The molecule has 0 atom stereocenters. The maximum Gasteiger partial charge on any atom is 0.0697 e. The second-order valence-electron chi connectivity index (χ2n) is 6.63. The van der Waals surface area contributed by atoms with Crippen LogP contribution in [-0.2, 0) is 11.2 Å². The predicted molar refractivity (Wildman–Crippen MR) is 114 cm³/mol. The van der Waals surface area contributed by atoms with Crippen LogP contribution in [0.3, 0.4) is 0 Å². The van der Waals surface area contributed by atoms with Crippen molar-refractivity contribution in [2.24, 2.45) is 0 Å². The molecule has 0 aliphatic carbocycles. The van der Waals surface area contributed by atoms with Gasteiger partial charge in [0, 0.05) is 16.3 Å². The van der Waals surface area contributed by atoms with Crippen molar-refractivity contribution in [2.75, 3.05) is 26.1 Å². The van der Waals surface area contributed by atoms with E-state index in [1.807, 2.05) is 0 Å². The summed E-state index contributed by atoms with van der Waals surface area (Å²) in [5, 5.41) is 8.90. The van der Waals surface area contributed by atoms with Crippen LogP contribution in [0.5, 0.6) is 0 Å². The first kappa shape index (κ1) is 19.7. The zero-order chi connectivity index (χ0) is 19.2. The molecule has 0 saturated carbocycles. The van der Waals surface area contributed by atoms with Gasteiger partial charge in [0.15, 0.2) is 0 Å². The lowest BCUT2D eigenvalue weighted by Crippen LogP contribution is -2.04. The van der Waals surface area contributed by atoms with Crippen LogP contribution in [0.1, 0.15) is 16.8 Å². The van der Waals surface area contributed by atoms with Gasteiger partial charge in [-0.2, -0.15) is 0 Å². The van der Waals surface area contributed by atoms with Crippen molar-refractivity contribution in [1.82, 2.24) is 4.57 Å². The summed E-state index contributed by atoms with van der Waals surface area (Å²) >= 11 is 1.76. The standard InChI is InChI=1S/C23H27NO2S/c1-17-5-4-6-21(15-17)24-18(2)20(11-13-26-14-12-25)16-23(24)19-7-9-22(27-3)10-8-19/h4-10,15-16,25H,11-14H2,1-3H3. The molecule has 0 unspecified atom stereocenters. The van der Waals surface area contributed by atoms with Gasteiger partial charge in [0.2, 0.25) is 0 Å². The minimum Gasteiger partial charge on any atom is -0.394 e. The minimum absolute atomic E-state index is 0.0658. The van der Waals surface area contributed by atoms with Crippen molar-refractivity contribution in [2.45, 2.75) is 25.2 Å². The molecule has 0 spiro atoms. The molecule has 0 aliphatic rings. The van der Waals surface area contributed by atoms with E-state index in [1.54, 1.807) is 11.8 Å². The van der Waals surface area contributed by atoms with Gasteiger partial charge >= 0.3 is 0 Å². The van der Waals surface area contributed by atoms with Gasteiger partial charge in [0.1, 0.15) is 0 Å². The zero-order valence-corrected chi connectivity index (χ0v) is 17.1. The lowest BCUT2D eigenvalue weighted by Gasteiger charge is -2.13. The average molecular weight is 382 g/mol. The Hall–Kier alpha value is -2.01. The van der Waals surface area contributed by atoms with Gasteiger partial charge in [0.05, 0.1) is 25.5 Å². The number of aliphatic hydroxyl groups excluding tert-OH is 1. The fourth-order valence-electron chi connectivity index (χ4n) is 3.33. The molecule has 0 fully saturated rings. The number of benzene rings is 2. The first-order valence-electron chi connectivity index (χ1n) is 9.25. The van der Waals surface area contributed by atoms with Crippen molar-refractivity contribution in [1.29, 1.82) is 0 Å². The molecule has 3 aromatic rings. The molecule has 0 aliphatic heterocycles. The number of rotatable bonds is 8. The molecule has 1 N–H and O–H groups in total. The highest BCUT2D eigenvalue weighted by atomic mass is 32.2. The van der Waals surface area contributed by atoms with Crippen LogP contribution >= 0.6 is 11.8 Å². The van der Waals surface area contributed by atoms with Crippen LogP contribution in [-0.4, -0.2) is 35.8 Å². The van der Waals surface area contributed by atoms with Crippen LogP contribution in [0.25, 0.3) is 16.9 Å². The highest BCUT2D eigenvalue weighted by Crippen LogP contribution is 2.31. The Labute approximate surface area is 166 Å². The average Bonchev–Trinajstić information content (AvgIpc) is 3.01. The van der Waals surface area contributed by atoms with E-state index in [-0.39, 0.29) is 6.61 Å². The minimum atomic E-state index is 0.0658. The Morgan fingerprint density at radius 3 is 2.44 bits per heavy atom. The smallest absolute Gasteiger partial charge is 0.0697 e. The van der Waals surface area contributed by atoms with Crippen LogP contribution in [0, 0.1) is 13.8 Å². The topological polar surface area (TPSA) is 34.4 Å². The molecule has 1 aromatic heterocycles. The van der Waals surface area contributed by atoms with Crippen molar-refractivity contribution in [3.63, 3.8) is 0 Å². The van der Waals surface area contributed by atoms with Crippen LogP contribution in [0.2, 0.25) is 0 Å². The fraction of sp³-hybridized carbons (Fsp3) is 0.304. The molecule has 142 valence electrons. The molecule has 0 bridgehead atoms. The van der Waals surface area contributed by atoms with Crippen LogP contribution < -0.4 is 0 Å². The highest BCUT2D eigenvalue weighted by molar-refractivity contribution is 7.98. The second-order valence-corrected chi connectivity index (χ2v) is 7.51. The molecule has 2 aromatic carbocycles. The van der Waals surface area contributed by atoms with E-state index in [2.05, 4.69) is 79.3 Å². The first-order valence-corrected chi connectivity index (χ1v) is 10.5. The number of aryl methyl sites for hydroxylation is 1. The van der Waals surface area contributed by atoms with E-state index >= 15 is 0 Å². The quantitative estimate of drug-likeness (QED) is 0.439. The second kappa shape index (κ2) is 9.27. The van der Waals surface area contributed by atoms with Crippen molar-refractivity contribution in [3.05, 3.63) is 71.4 Å². The lowest BCUT2D eigenvalue weighted by molar-refractivity contribution is 0.0944. The van der Waals surface area contributed by atoms with Gasteiger partial charge < -0.3 is 14.4 Å². The summed E-state index contributed by atoms with van der Waals surface area (Å²) in [5.74, 6) is 0. The van der Waals surface area contributed by atoms with E-state index in [1.165, 1.54) is 38.7 Å². The summed E-state index contributed by atoms with van der Waals surface area (Å²) < 4.78 is 7.83. The Morgan fingerprint density at radius 2 is 1.78 bits per heavy atom. The third kappa shape index (κ3) is 4.64. The number of aliphatic hydroxyl groups is 1. The molecule has 3 rings (SSSR count). The van der Waals surface area contributed by atoms with E-state index in [9.17, 15) is 0 Å². The Kier molecular flexibility index (Phi) is 6.78. The number of hydrogen-bond donors (Lipinski definition) is 1. The third-order valence-corrected chi connectivity index (χ3v) is 5.49. The summed E-state index contributed by atoms with van der Waals surface area (Å²) in [6.45, 7) is 5.36. The van der Waals surface area contributed by atoms with Crippen LogP contribution in [0.15, 0.2) is 59.5 Å². The number of aromatic nitrogens is 1. The van der Waals surface area contributed by atoms with E-state index in [0.717, 1.165) is 6.42 Å². The van der Waals surface area contributed by atoms with Gasteiger partial charge in [0.25, 0.3) is 0 Å². The molecular weight excluding hydrogens is 354 g/mol. The summed E-state index contributed by atoms with van der Waals surface area (Å²) in [4.78, 5) is 1.27. The Balaban J connectivity index is 2.03. The van der Waals surface area contributed by atoms with E-state index in [4.69, 9.17) is 9.84 Å². The highest BCUT2D eigenvalue weighted by Gasteiger charge is 2.15. The van der Waals surface area contributed by atoms with Gasteiger partial charge in [-0.25, -0.2) is 0 Å². The fourth-order valence-corrected chi connectivity index (χ4v) is 3.74. The number of ether oxygens (including phenoxy) is 1. The molecule has 1 heterocycles.